The minimum atomic E-state index is -0.723. The molecule has 1 aromatic carbocycles. The molecule has 1 unspecified atom stereocenters. The fraction of sp³-hybridized carbons (Fsp3) is 0.571. The standard InChI is InChI=1S/C21H29N3O2S/c1-22-10-12-23(13-11-22)15-16-6-8-24(9-7-16)20(21(25)26)19-14-17-4-2-3-5-18(17)27-19/h2-5,14,16,20H,6-13,15H2,1H3,(H,25,26). The molecule has 4 rings (SSSR count). The molecule has 0 spiro atoms. The van der Waals surface area contributed by atoms with Gasteiger partial charge in [0.1, 0.15) is 6.04 Å². The first-order chi connectivity index (χ1) is 13.1. The summed E-state index contributed by atoms with van der Waals surface area (Å²) in [5.41, 5.74) is 0. The number of fused-ring (bicyclic) bond motifs is 1. The van der Waals surface area contributed by atoms with E-state index in [1.807, 2.05) is 12.1 Å². The number of hydrogen-bond donors (Lipinski definition) is 1. The second-order valence-corrected chi connectivity index (χ2v) is 9.13. The van der Waals surface area contributed by atoms with Gasteiger partial charge in [0, 0.05) is 42.3 Å². The van der Waals surface area contributed by atoms with Crippen LogP contribution in [0.1, 0.15) is 23.8 Å². The highest BCUT2D eigenvalue weighted by Crippen LogP contribution is 2.35. The third-order valence-corrected chi connectivity index (χ3v) is 7.24. The highest BCUT2D eigenvalue weighted by molar-refractivity contribution is 7.19. The Balaban J connectivity index is 1.38. The van der Waals surface area contributed by atoms with Crippen LogP contribution >= 0.6 is 11.3 Å². The molecule has 6 heteroatoms. The number of piperazine rings is 1. The molecule has 2 aromatic rings. The summed E-state index contributed by atoms with van der Waals surface area (Å²) in [6, 6.07) is 9.73. The van der Waals surface area contributed by atoms with Gasteiger partial charge in [-0.05, 0) is 56.4 Å². The number of benzene rings is 1. The van der Waals surface area contributed by atoms with Crippen LogP contribution in [-0.4, -0.2) is 78.6 Å². The van der Waals surface area contributed by atoms with Gasteiger partial charge in [0.15, 0.2) is 0 Å². The quantitative estimate of drug-likeness (QED) is 0.855. The second-order valence-electron chi connectivity index (χ2n) is 8.01. The highest BCUT2D eigenvalue weighted by atomic mass is 32.1. The van der Waals surface area contributed by atoms with E-state index in [1.165, 1.54) is 11.2 Å². The molecule has 27 heavy (non-hydrogen) atoms. The number of hydrogen-bond acceptors (Lipinski definition) is 5. The van der Waals surface area contributed by atoms with E-state index < -0.39 is 12.0 Å². The highest BCUT2D eigenvalue weighted by Gasteiger charge is 2.32. The summed E-state index contributed by atoms with van der Waals surface area (Å²) in [5.74, 6) is -0.0272. The smallest absolute Gasteiger partial charge is 0.326 e. The van der Waals surface area contributed by atoms with E-state index in [1.54, 1.807) is 11.3 Å². The molecule has 0 aliphatic carbocycles. The van der Waals surface area contributed by atoms with Crippen LogP contribution in [0.25, 0.3) is 10.1 Å². The predicted octanol–water partition coefficient (Wildman–Crippen LogP) is 2.99. The molecule has 1 N–H and O–H groups in total. The normalized spacial score (nSPS) is 22.3. The van der Waals surface area contributed by atoms with E-state index in [4.69, 9.17) is 0 Å². The summed E-state index contributed by atoms with van der Waals surface area (Å²) < 4.78 is 1.17. The molecule has 1 atom stereocenters. The zero-order valence-electron chi connectivity index (χ0n) is 16.0. The summed E-state index contributed by atoms with van der Waals surface area (Å²) in [4.78, 5) is 20.2. The first-order valence-electron chi connectivity index (χ1n) is 9.96. The van der Waals surface area contributed by atoms with Crippen molar-refractivity contribution in [2.24, 2.45) is 5.92 Å². The predicted molar refractivity (Wildman–Crippen MR) is 110 cm³/mol. The van der Waals surface area contributed by atoms with E-state index in [0.717, 1.165) is 62.4 Å². The maximum absolute atomic E-state index is 12.1. The Hall–Kier alpha value is -1.47. The molecule has 0 bridgehead atoms. The van der Waals surface area contributed by atoms with Crippen molar-refractivity contribution in [2.45, 2.75) is 18.9 Å². The van der Waals surface area contributed by atoms with Crippen LogP contribution in [-0.2, 0) is 4.79 Å². The van der Waals surface area contributed by atoms with Gasteiger partial charge in [0.25, 0.3) is 0 Å². The number of aliphatic carboxylic acids is 1. The van der Waals surface area contributed by atoms with Gasteiger partial charge < -0.3 is 14.9 Å². The Labute approximate surface area is 165 Å². The lowest BCUT2D eigenvalue weighted by molar-refractivity contribution is -0.144. The topological polar surface area (TPSA) is 47.0 Å². The minimum absolute atomic E-state index is 0.507. The first kappa shape index (κ1) is 18.9. The average Bonchev–Trinajstić information content (AvgIpc) is 3.08. The summed E-state index contributed by atoms with van der Waals surface area (Å²) in [6.45, 7) is 7.57. The van der Waals surface area contributed by atoms with E-state index in [0.29, 0.717) is 5.92 Å². The lowest BCUT2D eigenvalue weighted by atomic mass is 9.94. The van der Waals surface area contributed by atoms with Gasteiger partial charge in [0.2, 0.25) is 0 Å². The second kappa shape index (κ2) is 8.27. The molecule has 2 aliphatic heterocycles. The van der Waals surface area contributed by atoms with Crippen LogP contribution in [0.2, 0.25) is 0 Å². The molecule has 146 valence electrons. The summed E-state index contributed by atoms with van der Waals surface area (Å²) in [6.07, 6.45) is 2.20. The Morgan fingerprint density at radius 3 is 2.52 bits per heavy atom. The maximum Gasteiger partial charge on any atom is 0.326 e. The van der Waals surface area contributed by atoms with E-state index >= 15 is 0 Å². The number of piperidine rings is 1. The number of nitrogens with zero attached hydrogens (tertiary/aromatic N) is 3. The van der Waals surface area contributed by atoms with E-state index in [-0.39, 0.29) is 0 Å². The summed E-state index contributed by atoms with van der Waals surface area (Å²) in [7, 11) is 2.19. The van der Waals surface area contributed by atoms with Gasteiger partial charge in [-0.3, -0.25) is 9.69 Å². The number of carbonyl (C=O) groups is 1. The van der Waals surface area contributed by atoms with E-state index in [2.05, 4.69) is 39.9 Å². The Morgan fingerprint density at radius 1 is 1.15 bits per heavy atom. The van der Waals surface area contributed by atoms with Gasteiger partial charge in [0.05, 0.1) is 0 Å². The third kappa shape index (κ3) is 4.35. The molecular weight excluding hydrogens is 358 g/mol. The van der Waals surface area contributed by atoms with Crippen LogP contribution in [0.3, 0.4) is 0 Å². The SMILES string of the molecule is CN1CCN(CC2CCN(C(C(=O)O)c3cc4ccccc4s3)CC2)CC1. The monoisotopic (exact) mass is 387 g/mol. The number of thiophene rings is 1. The minimum Gasteiger partial charge on any atom is -0.480 e. The molecule has 2 saturated heterocycles. The van der Waals surface area contributed by atoms with Crippen molar-refractivity contribution in [3.8, 4) is 0 Å². The van der Waals surface area contributed by atoms with Gasteiger partial charge in [-0.2, -0.15) is 0 Å². The lowest BCUT2D eigenvalue weighted by Crippen LogP contribution is -2.48. The maximum atomic E-state index is 12.1. The first-order valence-corrected chi connectivity index (χ1v) is 10.8. The largest absolute Gasteiger partial charge is 0.480 e. The molecule has 2 aliphatic rings. The molecule has 1 aromatic heterocycles. The van der Waals surface area contributed by atoms with Crippen molar-refractivity contribution in [1.82, 2.24) is 14.7 Å². The Bertz CT molecular complexity index is 744. The van der Waals surface area contributed by atoms with Gasteiger partial charge in [-0.15, -0.1) is 11.3 Å². The number of likely N-dealkylation sites (tertiary alicyclic amines) is 1. The molecule has 2 fully saturated rings. The molecule has 0 saturated carbocycles. The van der Waals surface area contributed by atoms with Crippen molar-refractivity contribution in [1.29, 1.82) is 0 Å². The van der Waals surface area contributed by atoms with Crippen molar-refractivity contribution in [2.75, 3.05) is 52.9 Å². The number of rotatable bonds is 5. The summed E-state index contributed by atoms with van der Waals surface area (Å²) in [5, 5.41) is 11.1. The number of likely N-dealkylation sites (N-methyl/N-ethyl adjacent to an activating group) is 1. The van der Waals surface area contributed by atoms with E-state index in [9.17, 15) is 9.90 Å². The van der Waals surface area contributed by atoms with Gasteiger partial charge in [-0.25, -0.2) is 0 Å². The average molecular weight is 388 g/mol. The van der Waals surface area contributed by atoms with Crippen LogP contribution in [0.15, 0.2) is 30.3 Å². The van der Waals surface area contributed by atoms with Crippen LogP contribution in [0.5, 0.6) is 0 Å². The zero-order valence-corrected chi connectivity index (χ0v) is 16.8. The number of carboxylic acids is 1. The fourth-order valence-electron chi connectivity index (χ4n) is 4.38. The number of carboxylic acid groups (broad SMARTS) is 1. The van der Waals surface area contributed by atoms with Crippen LogP contribution in [0.4, 0.5) is 0 Å². The summed E-state index contributed by atoms with van der Waals surface area (Å²) >= 11 is 1.62. The van der Waals surface area contributed by atoms with Gasteiger partial charge >= 0.3 is 5.97 Å². The molecule has 3 heterocycles. The molecule has 0 radical (unpaired) electrons. The van der Waals surface area contributed by atoms with Crippen LogP contribution in [0, 0.1) is 5.92 Å². The van der Waals surface area contributed by atoms with Crippen molar-refractivity contribution in [3.05, 3.63) is 35.2 Å². The Morgan fingerprint density at radius 2 is 1.85 bits per heavy atom. The van der Waals surface area contributed by atoms with Crippen molar-refractivity contribution >= 4 is 27.4 Å². The van der Waals surface area contributed by atoms with Gasteiger partial charge in [-0.1, -0.05) is 18.2 Å². The van der Waals surface area contributed by atoms with Crippen molar-refractivity contribution < 1.29 is 9.90 Å². The van der Waals surface area contributed by atoms with Crippen LogP contribution < -0.4 is 0 Å². The zero-order chi connectivity index (χ0) is 18.8. The lowest BCUT2D eigenvalue weighted by Gasteiger charge is -2.39. The fourth-order valence-corrected chi connectivity index (χ4v) is 5.58. The van der Waals surface area contributed by atoms with Crippen molar-refractivity contribution in [3.63, 3.8) is 0 Å². The molecule has 0 amide bonds. The molecule has 5 nitrogen and oxygen atoms in total. The molecular formula is C21H29N3O2S. The third-order valence-electron chi connectivity index (χ3n) is 6.07. The Kier molecular flexibility index (Phi) is 5.78.